The topological polar surface area (TPSA) is 57.3 Å². The predicted octanol–water partition coefficient (Wildman–Crippen LogP) is 4.95. The summed E-state index contributed by atoms with van der Waals surface area (Å²) in [6.45, 7) is 4.28. The van der Waals surface area contributed by atoms with E-state index >= 15 is 0 Å². The standard InChI is InChI=1S/C25H28F4N4O/c1-15(25(27,28)29)24-18-6-4-7-21(32-22-11-12-33(2)14-20(22)26)19(18)13-17(31-24)10-9-16-5-3-8-23(34)30-16/h4,6-7,9-10,13,16,20,22,32H,1,3,5,8,11-12,14H2,2H3,(H,30,34)/b10-9+/t16?,20-,22+/m0/s1. The summed E-state index contributed by atoms with van der Waals surface area (Å²) >= 11 is 0. The second-order valence-corrected chi connectivity index (χ2v) is 9.02. The maximum atomic E-state index is 14.7. The van der Waals surface area contributed by atoms with Gasteiger partial charge in [-0.2, -0.15) is 13.2 Å². The van der Waals surface area contributed by atoms with Gasteiger partial charge in [0, 0.05) is 42.0 Å². The van der Waals surface area contributed by atoms with Crippen LogP contribution in [0.2, 0.25) is 0 Å². The van der Waals surface area contributed by atoms with Crippen molar-refractivity contribution in [2.24, 2.45) is 0 Å². The number of benzene rings is 1. The molecule has 0 radical (unpaired) electrons. The number of allylic oxidation sites excluding steroid dienone is 1. The van der Waals surface area contributed by atoms with Gasteiger partial charge < -0.3 is 15.5 Å². The molecular weight excluding hydrogens is 448 g/mol. The van der Waals surface area contributed by atoms with Crippen molar-refractivity contribution in [1.82, 2.24) is 15.2 Å². The zero-order chi connectivity index (χ0) is 24.5. The van der Waals surface area contributed by atoms with Crippen molar-refractivity contribution in [2.45, 2.75) is 50.1 Å². The molecule has 2 saturated heterocycles. The van der Waals surface area contributed by atoms with E-state index in [1.165, 1.54) is 0 Å². The molecule has 1 unspecified atom stereocenters. The van der Waals surface area contributed by atoms with Crippen molar-refractivity contribution in [1.29, 1.82) is 0 Å². The summed E-state index contributed by atoms with van der Waals surface area (Å²) in [5, 5.41) is 6.87. The Balaban J connectivity index is 1.74. The molecule has 1 aromatic carbocycles. The number of hydrogen-bond donors (Lipinski definition) is 2. The number of likely N-dealkylation sites (tertiary alicyclic amines) is 1. The van der Waals surface area contributed by atoms with E-state index in [9.17, 15) is 22.4 Å². The van der Waals surface area contributed by atoms with Crippen LogP contribution in [0.25, 0.3) is 22.4 Å². The lowest BCUT2D eigenvalue weighted by Gasteiger charge is -2.33. The largest absolute Gasteiger partial charge is 0.417 e. The third kappa shape index (κ3) is 5.41. The average molecular weight is 477 g/mol. The van der Waals surface area contributed by atoms with Crippen molar-refractivity contribution < 1.29 is 22.4 Å². The van der Waals surface area contributed by atoms with Crippen LogP contribution in [0.4, 0.5) is 23.2 Å². The minimum Gasteiger partial charge on any atom is -0.379 e. The number of carbonyl (C=O) groups excluding carboxylic acids is 1. The molecule has 2 aromatic rings. The Morgan fingerprint density at radius 1 is 1.29 bits per heavy atom. The van der Waals surface area contributed by atoms with E-state index in [1.54, 1.807) is 36.4 Å². The molecule has 0 spiro atoms. The molecule has 4 rings (SSSR count). The van der Waals surface area contributed by atoms with E-state index in [2.05, 4.69) is 22.2 Å². The second kappa shape index (κ2) is 9.74. The molecular formula is C25H28F4N4O. The number of nitrogens with one attached hydrogen (secondary N) is 2. The lowest BCUT2D eigenvalue weighted by atomic mass is 9.99. The summed E-state index contributed by atoms with van der Waals surface area (Å²) in [6, 6.07) is 5.98. The summed E-state index contributed by atoms with van der Waals surface area (Å²) in [7, 11) is 1.86. The smallest absolute Gasteiger partial charge is 0.379 e. The van der Waals surface area contributed by atoms with Crippen LogP contribution >= 0.6 is 0 Å². The number of amides is 1. The van der Waals surface area contributed by atoms with Crippen molar-refractivity contribution in [3.8, 4) is 0 Å². The molecule has 9 heteroatoms. The van der Waals surface area contributed by atoms with Crippen LogP contribution in [0.15, 0.2) is 36.9 Å². The molecule has 182 valence electrons. The monoisotopic (exact) mass is 476 g/mol. The van der Waals surface area contributed by atoms with Gasteiger partial charge in [0.05, 0.1) is 23.0 Å². The fraction of sp³-hybridized carbons (Fsp3) is 0.440. The van der Waals surface area contributed by atoms with E-state index < -0.39 is 24.0 Å². The summed E-state index contributed by atoms with van der Waals surface area (Å²) in [4.78, 5) is 17.8. The summed E-state index contributed by atoms with van der Waals surface area (Å²) < 4.78 is 55.5. The Morgan fingerprint density at radius 2 is 2.09 bits per heavy atom. The van der Waals surface area contributed by atoms with Crippen LogP contribution in [0.1, 0.15) is 37.1 Å². The minimum atomic E-state index is -4.65. The van der Waals surface area contributed by atoms with Crippen LogP contribution < -0.4 is 10.6 Å². The molecule has 0 bridgehead atoms. The molecule has 5 nitrogen and oxygen atoms in total. The highest BCUT2D eigenvalue weighted by Gasteiger charge is 2.35. The zero-order valence-corrected chi connectivity index (χ0v) is 19.0. The molecule has 3 atom stereocenters. The molecule has 1 amide bonds. The number of anilines is 1. The third-order valence-electron chi connectivity index (χ3n) is 6.37. The number of piperidine rings is 2. The molecule has 0 aliphatic carbocycles. The molecule has 2 fully saturated rings. The van der Waals surface area contributed by atoms with E-state index in [0.717, 1.165) is 19.4 Å². The predicted molar refractivity (Wildman–Crippen MR) is 126 cm³/mol. The van der Waals surface area contributed by atoms with Crippen LogP contribution in [0.5, 0.6) is 0 Å². The lowest BCUT2D eigenvalue weighted by Crippen LogP contribution is -2.46. The number of fused-ring (bicyclic) bond motifs is 1. The van der Waals surface area contributed by atoms with E-state index in [-0.39, 0.29) is 17.6 Å². The number of rotatable bonds is 5. The normalized spacial score (nSPS) is 24.4. The molecule has 0 saturated carbocycles. The van der Waals surface area contributed by atoms with Gasteiger partial charge >= 0.3 is 6.18 Å². The first-order chi connectivity index (χ1) is 16.1. The fourth-order valence-corrected chi connectivity index (χ4v) is 4.48. The van der Waals surface area contributed by atoms with Gasteiger partial charge in [-0.3, -0.25) is 4.79 Å². The quantitative estimate of drug-likeness (QED) is 0.600. The molecule has 34 heavy (non-hydrogen) atoms. The minimum absolute atomic E-state index is 0.0519. The SMILES string of the molecule is C=C(c1nc(/C=C/C2CCCC(=O)N2)cc2c(N[C@@H]3CCN(C)C[C@@H]3F)cccc12)C(F)(F)F. The van der Waals surface area contributed by atoms with Crippen molar-refractivity contribution in [3.05, 3.63) is 48.3 Å². The van der Waals surface area contributed by atoms with Crippen molar-refractivity contribution >= 4 is 34.0 Å². The van der Waals surface area contributed by atoms with Gasteiger partial charge in [0.1, 0.15) is 6.17 Å². The Hall–Kier alpha value is -2.94. The number of alkyl halides is 4. The van der Waals surface area contributed by atoms with E-state index in [1.807, 2.05) is 11.9 Å². The molecule has 3 heterocycles. The van der Waals surface area contributed by atoms with Crippen molar-refractivity contribution in [2.75, 3.05) is 25.5 Å². The van der Waals surface area contributed by atoms with Gasteiger partial charge in [0.15, 0.2) is 0 Å². The maximum absolute atomic E-state index is 14.7. The number of carbonyl (C=O) groups is 1. The molecule has 1 aromatic heterocycles. The molecule has 2 aliphatic heterocycles. The second-order valence-electron chi connectivity index (χ2n) is 9.02. The van der Waals surface area contributed by atoms with E-state index in [4.69, 9.17) is 0 Å². The third-order valence-corrected chi connectivity index (χ3v) is 6.37. The lowest BCUT2D eigenvalue weighted by molar-refractivity contribution is -0.122. The van der Waals surface area contributed by atoms with Gasteiger partial charge in [0.25, 0.3) is 0 Å². The summed E-state index contributed by atoms with van der Waals surface area (Å²) in [5.41, 5.74) is -0.448. The fourth-order valence-electron chi connectivity index (χ4n) is 4.48. The van der Waals surface area contributed by atoms with Crippen LogP contribution in [0.3, 0.4) is 0 Å². The average Bonchev–Trinajstić information content (AvgIpc) is 2.78. The Labute approximate surface area is 195 Å². The van der Waals surface area contributed by atoms with Gasteiger partial charge in [-0.1, -0.05) is 24.8 Å². The zero-order valence-electron chi connectivity index (χ0n) is 19.0. The van der Waals surface area contributed by atoms with Crippen LogP contribution in [0, 0.1) is 0 Å². The first kappa shape index (κ1) is 24.2. The van der Waals surface area contributed by atoms with Gasteiger partial charge in [-0.15, -0.1) is 0 Å². The van der Waals surface area contributed by atoms with Crippen LogP contribution in [-0.4, -0.2) is 60.4 Å². The van der Waals surface area contributed by atoms with Gasteiger partial charge in [-0.05, 0) is 44.5 Å². The number of hydrogen-bond acceptors (Lipinski definition) is 4. The first-order valence-electron chi connectivity index (χ1n) is 11.4. The Kier molecular flexibility index (Phi) is 6.93. The molecule has 2 aliphatic rings. The Bertz CT molecular complexity index is 1110. The number of halogens is 4. The highest BCUT2D eigenvalue weighted by Crippen LogP contribution is 2.37. The summed E-state index contributed by atoms with van der Waals surface area (Å²) in [6.07, 6.45) is 0.153. The number of pyridine rings is 1. The molecule has 2 N–H and O–H groups in total. The van der Waals surface area contributed by atoms with Crippen molar-refractivity contribution in [3.63, 3.8) is 0 Å². The highest BCUT2D eigenvalue weighted by molar-refractivity contribution is 6.00. The van der Waals surface area contributed by atoms with Gasteiger partial charge in [0.2, 0.25) is 5.91 Å². The summed E-state index contributed by atoms with van der Waals surface area (Å²) in [5.74, 6) is -0.0519. The number of nitrogens with zero attached hydrogens (tertiary/aromatic N) is 2. The number of aromatic nitrogens is 1. The Morgan fingerprint density at radius 3 is 2.79 bits per heavy atom. The van der Waals surface area contributed by atoms with Crippen LogP contribution in [-0.2, 0) is 4.79 Å². The highest BCUT2D eigenvalue weighted by atomic mass is 19.4. The van der Waals surface area contributed by atoms with Gasteiger partial charge in [-0.25, -0.2) is 9.37 Å². The maximum Gasteiger partial charge on any atom is 0.417 e. The van der Waals surface area contributed by atoms with E-state index in [0.29, 0.717) is 41.5 Å². The first-order valence-corrected chi connectivity index (χ1v) is 11.4.